The van der Waals surface area contributed by atoms with Gasteiger partial charge < -0.3 is 14.8 Å². The van der Waals surface area contributed by atoms with Gasteiger partial charge in [0.1, 0.15) is 5.75 Å². The summed E-state index contributed by atoms with van der Waals surface area (Å²) in [7, 11) is 3.21. The third kappa shape index (κ3) is 2.65. The predicted molar refractivity (Wildman–Crippen MR) is 67.2 cm³/mol. The van der Waals surface area contributed by atoms with Gasteiger partial charge in [-0.1, -0.05) is 18.2 Å². The summed E-state index contributed by atoms with van der Waals surface area (Å²) in [5.74, 6) is 1.10. The SMILES string of the molecule is CNc1nc(OC)nc(Oc2ccccc2C)n1. The summed E-state index contributed by atoms with van der Waals surface area (Å²) in [6.07, 6.45) is 0. The van der Waals surface area contributed by atoms with E-state index in [1.165, 1.54) is 7.11 Å². The highest BCUT2D eigenvalue weighted by atomic mass is 16.5. The molecule has 0 atom stereocenters. The molecule has 0 bridgehead atoms. The zero-order valence-corrected chi connectivity index (χ0v) is 10.5. The minimum Gasteiger partial charge on any atom is -0.467 e. The Balaban J connectivity index is 2.31. The first kappa shape index (κ1) is 12.1. The lowest BCUT2D eigenvalue weighted by molar-refractivity contribution is 0.359. The van der Waals surface area contributed by atoms with Gasteiger partial charge in [-0.05, 0) is 18.6 Å². The third-order valence-electron chi connectivity index (χ3n) is 2.30. The molecule has 0 radical (unpaired) electrons. The average Bonchev–Trinajstić information content (AvgIpc) is 2.41. The minimum atomic E-state index is 0.195. The van der Waals surface area contributed by atoms with Gasteiger partial charge in [-0.25, -0.2) is 0 Å². The lowest BCUT2D eigenvalue weighted by Crippen LogP contribution is -2.03. The zero-order valence-electron chi connectivity index (χ0n) is 10.5. The molecule has 0 saturated heterocycles. The van der Waals surface area contributed by atoms with E-state index in [-0.39, 0.29) is 12.0 Å². The smallest absolute Gasteiger partial charge is 0.330 e. The van der Waals surface area contributed by atoms with Gasteiger partial charge in [-0.2, -0.15) is 9.97 Å². The molecule has 0 aliphatic heterocycles. The Hall–Kier alpha value is -2.37. The molecule has 18 heavy (non-hydrogen) atoms. The summed E-state index contributed by atoms with van der Waals surface area (Å²) in [4.78, 5) is 12.1. The Kier molecular flexibility index (Phi) is 3.57. The number of benzene rings is 1. The fraction of sp³-hybridized carbons (Fsp3) is 0.250. The summed E-state index contributed by atoms with van der Waals surface area (Å²) < 4.78 is 10.6. The molecule has 2 aromatic rings. The fourth-order valence-electron chi connectivity index (χ4n) is 1.36. The molecular weight excluding hydrogens is 232 g/mol. The van der Waals surface area contributed by atoms with Crippen LogP contribution in [0.3, 0.4) is 0 Å². The molecule has 1 aromatic carbocycles. The van der Waals surface area contributed by atoms with E-state index in [0.29, 0.717) is 11.7 Å². The molecule has 6 heteroatoms. The Bertz CT molecular complexity index is 523. The van der Waals surface area contributed by atoms with E-state index in [1.54, 1.807) is 7.05 Å². The number of aromatic nitrogens is 3. The normalized spacial score (nSPS) is 9.94. The second kappa shape index (κ2) is 5.31. The average molecular weight is 246 g/mol. The molecule has 1 heterocycles. The van der Waals surface area contributed by atoms with Crippen LogP contribution in [-0.2, 0) is 0 Å². The van der Waals surface area contributed by atoms with Crippen molar-refractivity contribution in [1.29, 1.82) is 0 Å². The van der Waals surface area contributed by atoms with Gasteiger partial charge in [0.05, 0.1) is 7.11 Å². The first-order valence-corrected chi connectivity index (χ1v) is 5.44. The standard InChI is InChI=1S/C12H14N4O2/c1-8-6-4-5-7-9(8)18-12-15-10(13-2)14-11(16-12)17-3/h4-7H,1-3H3,(H,13,14,15,16). The highest BCUT2D eigenvalue weighted by Crippen LogP contribution is 2.23. The number of nitrogens with one attached hydrogen (secondary N) is 1. The van der Waals surface area contributed by atoms with Crippen molar-refractivity contribution in [1.82, 2.24) is 15.0 Å². The van der Waals surface area contributed by atoms with Crippen molar-refractivity contribution in [3.05, 3.63) is 29.8 Å². The van der Waals surface area contributed by atoms with Crippen LogP contribution in [0, 0.1) is 6.92 Å². The van der Waals surface area contributed by atoms with E-state index in [4.69, 9.17) is 9.47 Å². The van der Waals surface area contributed by atoms with Crippen LogP contribution < -0.4 is 14.8 Å². The third-order valence-corrected chi connectivity index (χ3v) is 2.30. The summed E-state index contributed by atoms with van der Waals surface area (Å²) in [5, 5.41) is 2.82. The van der Waals surface area contributed by atoms with Crippen molar-refractivity contribution in [2.45, 2.75) is 6.92 Å². The molecular formula is C12H14N4O2. The number of para-hydroxylation sites is 1. The minimum absolute atomic E-state index is 0.195. The van der Waals surface area contributed by atoms with Crippen LogP contribution in [0.4, 0.5) is 5.95 Å². The summed E-state index contributed by atoms with van der Waals surface area (Å²) in [6, 6.07) is 8.03. The quantitative estimate of drug-likeness (QED) is 0.890. The lowest BCUT2D eigenvalue weighted by Gasteiger charge is -2.08. The molecule has 6 nitrogen and oxygen atoms in total. The maximum absolute atomic E-state index is 5.61. The van der Waals surface area contributed by atoms with Crippen LogP contribution in [0.25, 0.3) is 0 Å². The number of ether oxygens (including phenoxy) is 2. The van der Waals surface area contributed by atoms with E-state index >= 15 is 0 Å². The molecule has 0 amide bonds. The van der Waals surface area contributed by atoms with Crippen LogP contribution in [0.5, 0.6) is 17.8 Å². The monoisotopic (exact) mass is 246 g/mol. The Morgan fingerprint density at radius 1 is 1.06 bits per heavy atom. The second-order valence-electron chi connectivity index (χ2n) is 3.55. The molecule has 0 aliphatic carbocycles. The van der Waals surface area contributed by atoms with Crippen molar-refractivity contribution in [2.24, 2.45) is 0 Å². The molecule has 1 N–H and O–H groups in total. The van der Waals surface area contributed by atoms with Crippen LogP contribution in [0.2, 0.25) is 0 Å². The van der Waals surface area contributed by atoms with E-state index in [2.05, 4.69) is 20.3 Å². The van der Waals surface area contributed by atoms with Crippen molar-refractivity contribution < 1.29 is 9.47 Å². The highest BCUT2D eigenvalue weighted by Gasteiger charge is 2.08. The summed E-state index contributed by atoms with van der Waals surface area (Å²) in [6.45, 7) is 1.95. The van der Waals surface area contributed by atoms with Crippen molar-refractivity contribution in [3.63, 3.8) is 0 Å². The molecule has 0 unspecified atom stereocenters. The van der Waals surface area contributed by atoms with Crippen LogP contribution in [0.1, 0.15) is 5.56 Å². The number of hydrogen-bond donors (Lipinski definition) is 1. The number of rotatable bonds is 4. The molecule has 0 aliphatic rings. The lowest BCUT2D eigenvalue weighted by atomic mass is 10.2. The molecule has 1 aromatic heterocycles. The maximum atomic E-state index is 5.61. The summed E-state index contributed by atoms with van der Waals surface area (Å²) >= 11 is 0. The van der Waals surface area contributed by atoms with Gasteiger partial charge in [0, 0.05) is 7.05 Å². The number of methoxy groups -OCH3 is 1. The molecule has 0 spiro atoms. The molecule has 0 fully saturated rings. The van der Waals surface area contributed by atoms with Gasteiger partial charge in [-0.15, -0.1) is 4.98 Å². The van der Waals surface area contributed by atoms with Crippen molar-refractivity contribution >= 4 is 5.95 Å². The number of aryl methyl sites for hydroxylation is 1. The zero-order chi connectivity index (χ0) is 13.0. The second-order valence-corrected chi connectivity index (χ2v) is 3.55. The van der Waals surface area contributed by atoms with Gasteiger partial charge in [0.15, 0.2) is 0 Å². The Labute approximate surface area is 105 Å². The van der Waals surface area contributed by atoms with Gasteiger partial charge in [0.25, 0.3) is 0 Å². The Morgan fingerprint density at radius 3 is 2.44 bits per heavy atom. The van der Waals surface area contributed by atoms with Crippen LogP contribution in [0.15, 0.2) is 24.3 Å². The van der Waals surface area contributed by atoms with E-state index < -0.39 is 0 Å². The van der Waals surface area contributed by atoms with Gasteiger partial charge >= 0.3 is 12.0 Å². The van der Waals surface area contributed by atoms with E-state index in [0.717, 1.165) is 5.56 Å². The van der Waals surface area contributed by atoms with Crippen LogP contribution >= 0.6 is 0 Å². The van der Waals surface area contributed by atoms with Gasteiger partial charge in [0.2, 0.25) is 5.95 Å². The molecule has 94 valence electrons. The highest BCUT2D eigenvalue weighted by molar-refractivity contribution is 5.35. The largest absolute Gasteiger partial charge is 0.467 e. The van der Waals surface area contributed by atoms with Crippen LogP contribution in [-0.4, -0.2) is 29.1 Å². The first-order chi connectivity index (χ1) is 8.72. The number of hydrogen-bond acceptors (Lipinski definition) is 6. The fourth-order valence-corrected chi connectivity index (χ4v) is 1.36. The maximum Gasteiger partial charge on any atom is 0.330 e. The van der Waals surface area contributed by atoms with Gasteiger partial charge in [-0.3, -0.25) is 0 Å². The van der Waals surface area contributed by atoms with E-state index in [1.807, 2.05) is 31.2 Å². The predicted octanol–water partition coefficient (Wildman–Crippen LogP) is 2.02. The van der Waals surface area contributed by atoms with E-state index in [9.17, 15) is 0 Å². The number of nitrogens with zero attached hydrogens (tertiary/aromatic N) is 3. The first-order valence-electron chi connectivity index (χ1n) is 5.44. The summed E-state index contributed by atoms with van der Waals surface area (Å²) in [5.41, 5.74) is 1.00. The van der Waals surface area contributed by atoms with Crippen molar-refractivity contribution in [2.75, 3.05) is 19.5 Å². The molecule has 0 saturated carbocycles. The molecule has 2 rings (SSSR count). The topological polar surface area (TPSA) is 69.2 Å². The Morgan fingerprint density at radius 2 is 1.78 bits per heavy atom. The van der Waals surface area contributed by atoms with Crippen molar-refractivity contribution in [3.8, 4) is 17.8 Å². The number of anilines is 1.